The minimum atomic E-state index is -1.41. The summed E-state index contributed by atoms with van der Waals surface area (Å²) in [5.74, 6) is -0.631. The molecule has 4 aliphatic rings. The van der Waals surface area contributed by atoms with Crippen molar-refractivity contribution in [3.8, 4) is 0 Å². The zero-order valence-corrected chi connectivity index (χ0v) is 24.4. The number of benzene rings is 1. The predicted molar refractivity (Wildman–Crippen MR) is 153 cm³/mol. The van der Waals surface area contributed by atoms with E-state index in [0.717, 1.165) is 17.7 Å². The monoisotopic (exact) mass is 570 g/mol. The van der Waals surface area contributed by atoms with E-state index in [1.807, 2.05) is 6.92 Å². The second kappa shape index (κ2) is 10.4. The zero-order valence-electron chi connectivity index (χ0n) is 23.5. The van der Waals surface area contributed by atoms with Gasteiger partial charge < -0.3 is 20.3 Å². The van der Waals surface area contributed by atoms with Crippen LogP contribution in [0.15, 0.2) is 52.7 Å². The smallest absolute Gasteiger partial charge is 0.333 e. The first-order valence-corrected chi connectivity index (χ1v) is 14.4. The number of nitrogens with zero attached hydrogens (tertiary/aromatic N) is 1. The van der Waals surface area contributed by atoms with Crippen LogP contribution in [-0.4, -0.2) is 47.3 Å². The van der Waals surface area contributed by atoms with Gasteiger partial charge in [0.05, 0.1) is 17.5 Å². The lowest BCUT2D eigenvalue weighted by atomic mass is 9.44. The van der Waals surface area contributed by atoms with Crippen LogP contribution in [0.3, 0.4) is 0 Å². The van der Waals surface area contributed by atoms with Crippen LogP contribution < -0.4 is 5.73 Å². The molecule has 3 unspecified atom stereocenters. The normalized spacial score (nSPS) is 40.7. The second-order valence-corrected chi connectivity index (χ2v) is 13.0. The Balaban J connectivity index is 1.54. The first-order chi connectivity index (χ1) is 18.9. The number of hydrogen-bond acceptors (Lipinski definition) is 7. The number of thiol groups is 1. The largest absolute Gasteiger partial charge is 0.448 e. The summed E-state index contributed by atoms with van der Waals surface area (Å²) < 4.78 is 24.3. The summed E-state index contributed by atoms with van der Waals surface area (Å²) in [7, 11) is 1.41. The Kier molecular flexibility index (Phi) is 7.55. The van der Waals surface area contributed by atoms with Crippen molar-refractivity contribution in [3.05, 3.63) is 53.5 Å². The summed E-state index contributed by atoms with van der Waals surface area (Å²) in [5, 5.41) is 11.4. The zero-order chi connectivity index (χ0) is 29.0. The van der Waals surface area contributed by atoms with Crippen molar-refractivity contribution in [3.63, 3.8) is 0 Å². The summed E-state index contributed by atoms with van der Waals surface area (Å²) in [6.07, 6.45) is 5.81. The standard InChI is InChI=1S/C31H39FN2O5S/c1-17-11-21-22-9-10-31(28(37)40,39-26(36)16-38-4)30(22,3)14-25(35)27(21)29(2)13-18(15-33)24(12-23(17)29)34-20-7-5-19(32)6-8-20/h5-8,12,15,17,21-22,25,27,35H,9-11,13-14,16,33H2,1-4H3,(H,37,40)/t17-,21-,22?,25?,27?,29-,30-,31-/m0/s1. The van der Waals surface area contributed by atoms with E-state index in [-0.39, 0.29) is 41.5 Å². The average molecular weight is 571 g/mol. The molecule has 1 aromatic rings. The molecule has 3 saturated carbocycles. The number of carbonyl (C=O) groups is 2. The van der Waals surface area contributed by atoms with Crippen molar-refractivity contribution in [1.29, 1.82) is 0 Å². The second-order valence-electron chi connectivity index (χ2n) is 12.6. The summed E-state index contributed by atoms with van der Waals surface area (Å²) in [6.45, 7) is 6.14. The Hall–Kier alpha value is -2.49. The molecule has 7 nitrogen and oxygen atoms in total. The maximum absolute atomic E-state index is 13.5. The molecule has 8 atom stereocenters. The van der Waals surface area contributed by atoms with Crippen molar-refractivity contribution in [1.82, 2.24) is 0 Å². The Morgan fingerprint density at radius 1 is 1.27 bits per heavy atom. The van der Waals surface area contributed by atoms with Gasteiger partial charge in [-0.1, -0.05) is 26.3 Å². The minimum Gasteiger partial charge on any atom is -0.448 e. The van der Waals surface area contributed by atoms with Gasteiger partial charge in [-0.15, -0.1) is 12.6 Å². The quantitative estimate of drug-likeness (QED) is 0.343. The number of halogens is 1. The van der Waals surface area contributed by atoms with Crippen LogP contribution in [0.1, 0.15) is 52.9 Å². The van der Waals surface area contributed by atoms with Gasteiger partial charge in [-0.25, -0.2) is 14.2 Å². The van der Waals surface area contributed by atoms with E-state index in [1.165, 1.54) is 24.8 Å². The number of ether oxygens (including phenoxy) is 2. The molecule has 0 spiro atoms. The molecule has 0 amide bonds. The third-order valence-corrected chi connectivity index (χ3v) is 10.8. The molecule has 40 heavy (non-hydrogen) atoms. The number of aliphatic hydroxyl groups excluding tert-OH is 1. The van der Waals surface area contributed by atoms with Crippen LogP contribution in [0.2, 0.25) is 0 Å². The van der Waals surface area contributed by atoms with Crippen LogP contribution in [0.25, 0.3) is 0 Å². The molecule has 5 rings (SSSR count). The maximum atomic E-state index is 13.5. The Labute approximate surface area is 240 Å². The van der Waals surface area contributed by atoms with E-state index < -0.39 is 28.2 Å². The third-order valence-electron chi connectivity index (χ3n) is 10.5. The highest BCUT2D eigenvalue weighted by Gasteiger charge is 2.70. The van der Waals surface area contributed by atoms with Crippen LogP contribution in [0.5, 0.6) is 0 Å². The van der Waals surface area contributed by atoms with E-state index in [0.29, 0.717) is 31.4 Å². The molecular weight excluding hydrogens is 531 g/mol. The van der Waals surface area contributed by atoms with Crippen LogP contribution in [0.4, 0.5) is 10.1 Å². The van der Waals surface area contributed by atoms with E-state index in [9.17, 15) is 19.1 Å². The van der Waals surface area contributed by atoms with Crippen molar-refractivity contribution in [2.24, 2.45) is 45.2 Å². The SMILES string of the molecule is COCC(=O)O[C@]1(C(=O)S)CCC2[C@@H]3C[C@H](C)C4=CC(=Nc5ccc(F)cc5)C(=CN)C[C@]4(C)C3C(O)C[C@@]21C. The molecule has 4 aliphatic carbocycles. The number of aliphatic imine (C=N–C) groups is 1. The topological polar surface area (TPSA) is 111 Å². The first-order valence-electron chi connectivity index (χ1n) is 14.0. The summed E-state index contributed by atoms with van der Waals surface area (Å²) in [6, 6.07) is 6.06. The third kappa shape index (κ3) is 4.36. The van der Waals surface area contributed by atoms with Crippen molar-refractivity contribution in [2.75, 3.05) is 13.7 Å². The lowest BCUT2D eigenvalue weighted by Crippen LogP contribution is -2.63. The fraction of sp³-hybridized carbons (Fsp3) is 0.581. The average Bonchev–Trinajstić information content (AvgIpc) is 3.18. The Morgan fingerprint density at radius 3 is 2.60 bits per heavy atom. The molecule has 0 heterocycles. The lowest BCUT2D eigenvalue weighted by molar-refractivity contribution is -0.199. The molecule has 3 N–H and O–H groups in total. The summed E-state index contributed by atoms with van der Waals surface area (Å²) >= 11 is 4.23. The molecule has 0 bridgehead atoms. The minimum absolute atomic E-state index is 0.0627. The maximum Gasteiger partial charge on any atom is 0.333 e. The number of rotatable bonds is 5. The fourth-order valence-electron chi connectivity index (χ4n) is 8.92. The van der Waals surface area contributed by atoms with Crippen LogP contribution in [0, 0.1) is 40.3 Å². The van der Waals surface area contributed by atoms with Gasteiger partial charge in [-0.3, -0.25) is 4.79 Å². The van der Waals surface area contributed by atoms with E-state index in [1.54, 1.807) is 18.3 Å². The molecule has 216 valence electrons. The van der Waals surface area contributed by atoms with Crippen molar-refractivity contribution >= 4 is 35.1 Å². The Bertz CT molecular complexity index is 1290. The highest BCUT2D eigenvalue weighted by Crippen LogP contribution is 2.69. The molecule has 9 heteroatoms. The molecule has 3 fully saturated rings. The highest BCUT2D eigenvalue weighted by atomic mass is 32.1. The lowest BCUT2D eigenvalue weighted by Gasteiger charge is -2.62. The van der Waals surface area contributed by atoms with Gasteiger partial charge in [0.25, 0.3) is 0 Å². The van der Waals surface area contributed by atoms with Crippen LogP contribution in [-0.2, 0) is 19.1 Å². The summed E-state index contributed by atoms with van der Waals surface area (Å²) in [5.41, 5.74) is 7.10. The predicted octanol–water partition coefficient (Wildman–Crippen LogP) is 4.92. The van der Waals surface area contributed by atoms with Gasteiger partial charge in [-0.05, 0) is 103 Å². The van der Waals surface area contributed by atoms with Crippen molar-refractivity contribution < 1.29 is 28.6 Å². The molecule has 0 radical (unpaired) electrons. The highest BCUT2D eigenvalue weighted by molar-refractivity contribution is 7.96. The molecule has 0 aliphatic heterocycles. The first kappa shape index (κ1) is 29.0. The van der Waals surface area contributed by atoms with Crippen molar-refractivity contribution in [2.45, 2.75) is 64.6 Å². The van der Waals surface area contributed by atoms with Gasteiger partial charge in [0.2, 0.25) is 5.12 Å². The van der Waals surface area contributed by atoms with Crippen LogP contribution >= 0.6 is 12.6 Å². The number of allylic oxidation sites excluding steroid dienone is 3. The number of aliphatic hydroxyl groups is 1. The fourth-order valence-corrected chi connectivity index (χ4v) is 9.33. The van der Waals surface area contributed by atoms with E-state index >= 15 is 0 Å². The number of fused-ring (bicyclic) bond motifs is 5. The van der Waals surface area contributed by atoms with E-state index in [2.05, 4.69) is 32.6 Å². The van der Waals surface area contributed by atoms with Gasteiger partial charge in [-0.2, -0.15) is 0 Å². The van der Waals surface area contributed by atoms with Gasteiger partial charge >= 0.3 is 5.97 Å². The van der Waals surface area contributed by atoms with E-state index in [4.69, 9.17) is 20.2 Å². The van der Waals surface area contributed by atoms with Gasteiger partial charge in [0.15, 0.2) is 5.60 Å². The summed E-state index contributed by atoms with van der Waals surface area (Å²) in [4.78, 5) is 30.4. The number of methoxy groups -OCH3 is 1. The number of hydrogen-bond donors (Lipinski definition) is 3. The number of carbonyl (C=O) groups excluding carboxylic acids is 2. The Morgan fingerprint density at radius 2 is 1.98 bits per heavy atom. The van der Waals surface area contributed by atoms with Gasteiger partial charge in [0, 0.05) is 12.5 Å². The number of esters is 1. The van der Waals surface area contributed by atoms with Gasteiger partial charge in [0.1, 0.15) is 12.4 Å². The molecular formula is C31H39FN2O5S. The number of nitrogens with two attached hydrogens (primary N) is 1. The molecule has 1 aromatic carbocycles. The molecule has 0 aromatic heterocycles. The molecule has 0 saturated heterocycles.